The number of carbonyl (C=O) groups is 1. The molecule has 1 aromatic heterocycles. The number of hydrogen-bond acceptors (Lipinski definition) is 3. The molecule has 1 unspecified atom stereocenters. The molecule has 6 heteroatoms. The molecule has 1 heterocycles. The van der Waals surface area contributed by atoms with Crippen LogP contribution < -0.4 is 0 Å². The maximum atomic E-state index is 12.2. The van der Waals surface area contributed by atoms with Gasteiger partial charge in [0.1, 0.15) is 0 Å². The van der Waals surface area contributed by atoms with Crippen LogP contribution in [0.5, 0.6) is 0 Å². The summed E-state index contributed by atoms with van der Waals surface area (Å²) >= 11 is 0.415. The second-order valence-corrected chi connectivity index (χ2v) is 4.70. The van der Waals surface area contributed by atoms with Crippen molar-refractivity contribution < 1.29 is 18.0 Å². The molecule has 16 heavy (non-hydrogen) atoms. The van der Waals surface area contributed by atoms with E-state index in [2.05, 4.69) is 4.98 Å². The first-order valence-electron chi connectivity index (χ1n) is 4.90. The van der Waals surface area contributed by atoms with Crippen molar-refractivity contribution in [3.8, 4) is 0 Å². The predicted molar refractivity (Wildman–Crippen MR) is 55.5 cm³/mol. The van der Waals surface area contributed by atoms with Gasteiger partial charge in [0, 0.05) is 12.6 Å². The molecule has 0 saturated heterocycles. The Morgan fingerprint density at radius 2 is 2.19 bits per heavy atom. The topological polar surface area (TPSA) is 30.0 Å². The monoisotopic (exact) mass is 251 g/mol. The lowest BCUT2D eigenvalue weighted by Crippen LogP contribution is -2.04. The Balaban J connectivity index is 2.75. The highest BCUT2D eigenvalue weighted by molar-refractivity contribution is 7.13. The molecule has 0 N–H and O–H groups in total. The maximum absolute atomic E-state index is 12.2. The largest absolute Gasteiger partial charge is 0.443 e. The fraction of sp³-hybridized carbons (Fsp3) is 0.600. The van der Waals surface area contributed by atoms with E-state index < -0.39 is 11.2 Å². The number of Topliss-reactive ketones (excluding diaryl/α,β-unsaturated/α-hetero) is 1. The third-order valence-corrected chi connectivity index (χ3v) is 3.34. The van der Waals surface area contributed by atoms with Gasteiger partial charge < -0.3 is 0 Å². The lowest BCUT2D eigenvalue weighted by molar-refractivity contribution is -0.137. The summed E-state index contributed by atoms with van der Waals surface area (Å²) in [4.78, 5) is 14.9. The molecule has 1 aromatic rings. The van der Waals surface area contributed by atoms with Gasteiger partial charge in [0.2, 0.25) is 0 Å². The second kappa shape index (κ2) is 4.95. The quantitative estimate of drug-likeness (QED) is 0.762. The van der Waals surface area contributed by atoms with Crippen molar-refractivity contribution in [1.82, 2.24) is 4.98 Å². The molecule has 0 amide bonds. The number of hydrogen-bond donors (Lipinski definition) is 0. The van der Waals surface area contributed by atoms with Crippen LogP contribution in [0.25, 0.3) is 0 Å². The molecular formula is C10H12F3NOS. The summed E-state index contributed by atoms with van der Waals surface area (Å²) in [6.45, 7) is 3.83. The van der Waals surface area contributed by atoms with E-state index in [0.717, 1.165) is 12.6 Å². The van der Waals surface area contributed by atoms with E-state index in [9.17, 15) is 18.0 Å². The first-order chi connectivity index (χ1) is 7.34. The van der Waals surface area contributed by atoms with E-state index in [1.165, 1.54) is 0 Å². The molecule has 0 aliphatic rings. The minimum Gasteiger partial charge on any atom is -0.293 e. The molecule has 0 aliphatic carbocycles. The Bertz CT molecular complexity index is 372. The lowest BCUT2D eigenvalue weighted by Gasteiger charge is -2.04. The third kappa shape index (κ3) is 3.30. The zero-order valence-electron chi connectivity index (χ0n) is 8.97. The Morgan fingerprint density at radius 3 is 2.62 bits per heavy atom. The zero-order valence-corrected chi connectivity index (χ0v) is 9.78. The number of nitrogens with zero attached hydrogens (tertiary/aromatic N) is 1. The van der Waals surface area contributed by atoms with Crippen LogP contribution in [0.4, 0.5) is 13.2 Å². The molecule has 0 saturated carbocycles. The average Bonchev–Trinajstić information content (AvgIpc) is 2.65. The van der Waals surface area contributed by atoms with Crippen LogP contribution in [0.15, 0.2) is 6.20 Å². The van der Waals surface area contributed by atoms with Crippen LogP contribution >= 0.6 is 11.3 Å². The van der Waals surface area contributed by atoms with Gasteiger partial charge in [0.25, 0.3) is 0 Å². The van der Waals surface area contributed by atoms with Crippen LogP contribution in [0.1, 0.15) is 41.4 Å². The number of alkyl halides is 3. The van der Waals surface area contributed by atoms with Crippen LogP contribution in [-0.4, -0.2) is 10.8 Å². The van der Waals surface area contributed by atoms with E-state index in [0.29, 0.717) is 11.3 Å². The second-order valence-electron chi connectivity index (χ2n) is 3.67. The van der Waals surface area contributed by atoms with Gasteiger partial charge in [-0.3, -0.25) is 4.79 Å². The van der Waals surface area contributed by atoms with E-state index >= 15 is 0 Å². The number of carbonyl (C=O) groups excluding carboxylic acids is 1. The van der Waals surface area contributed by atoms with Crippen LogP contribution in [0, 0.1) is 5.92 Å². The van der Waals surface area contributed by atoms with Crippen molar-refractivity contribution in [2.45, 2.75) is 32.9 Å². The number of aromatic nitrogens is 1. The molecule has 2 nitrogen and oxygen atoms in total. The Labute approximate surface area is 95.5 Å². The first kappa shape index (κ1) is 13.2. The number of halogens is 3. The van der Waals surface area contributed by atoms with E-state index in [4.69, 9.17) is 0 Å². The molecule has 0 spiro atoms. The molecular weight excluding hydrogens is 239 g/mol. The van der Waals surface area contributed by atoms with Gasteiger partial charge in [-0.15, -0.1) is 11.3 Å². The van der Waals surface area contributed by atoms with Crippen LogP contribution in [0.3, 0.4) is 0 Å². The highest BCUT2D eigenvalue weighted by atomic mass is 32.1. The predicted octanol–water partition coefficient (Wildman–Crippen LogP) is 3.78. The van der Waals surface area contributed by atoms with Gasteiger partial charge in [0.05, 0.1) is 4.88 Å². The number of rotatable bonds is 4. The highest BCUT2D eigenvalue weighted by Gasteiger charge is 2.35. The molecule has 0 bridgehead atoms. The molecule has 0 aromatic carbocycles. The van der Waals surface area contributed by atoms with E-state index in [-0.39, 0.29) is 23.0 Å². The standard InChI is InChI=1S/C10H12F3NOS/c1-3-6(2)4-7(15)8-5-14-9(16-8)10(11,12)13/h5-6H,3-4H2,1-2H3. The Hall–Kier alpha value is -0.910. The first-order valence-corrected chi connectivity index (χ1v) is 5.72. The summed E-state index contributed by atoms with van der Waals surface area (Å²) in [6, 6.07) is 0. The minimum atomic E-state index is -4.46. The zero-order chi connectivity index (χ0) is 12.3. The Morgan fingerprint density at radius 1 is 1.56 bits per heavy atom. The molecule has 90 valence electrons. The highest BCUT2D eigenvalue weighted by Crippen LogP contribution is 2.33. The normalized spacial score (nSPS) is 13.8. The Kier molecular flexibility index (Phi) is 4.07. The van der Waals surface area contributed by atoms with Gasteiger partial charge in [-0.1, -0.05) is 20.3 Å². The SMILES string of the molecule is CCC(C)CC(=O)c1cnc(C(F)(F)F)s1. The fourth-order valence-corrected chi connectivity index (χ4v) is 1.83. The molecule has 1 atom stereocenters. The third-order valence-electron chi connectivity index (χ3n) is 2.25. The maximum Gasteiger partial charge on any atom is 0.443 e. The summed E-state index contributed by atoms with van der Waals surface area (Å²) in [5.41, 5.74) is 0. The van der Waals surface area contributed by atoms with Crippen molar-refractivity contribution in [1.29, 1.82) is 0 Å². The van der Waals surface area contributed by atoms with Crippen molar-refractivity contribution >= 4 is 17.1 Å². The van der Waals surface area contributed by atoms with Crippen molar-refractivity contribution in [3.05, 3.63) is 16.1 Å². The van der Waals surface area contributed by atoms with Gasteiger partial charge in [-0.2, -0.15) is 13.2 Å². The van der Waals surface area contributed by atoms with Crippen molar-refractivity contribution in [3.63, 3.8) is 0 Å². The summed E-state index contributed by atoms with van der Waals surface area (Å²) in [7, 11) is 0. The van der Waals surface area contributed by atoms with Crippen molar-refractivity contribution in [2.24, 2.45) is 5.92 Å². The van der Waals surface area contributed by atoms with E-state index in [1.54, 1.807) is 0 Å². The fourth-order valence-electron chi connectivity index (χ4n) is 1.10. The lowest BCUT2D eigenvalue weighted by atomic mass is 10.0. The van der Waals surface area contributed by atoms with Gasteiger partial charge >= 0.3 is 6.18 Å². The van der Waals surface area contributed by atoms with Gasteiger partial charge in [-0.25, -0.2) is 4.98 Å². The van der Waals surface area contributed by atoms with Crippen LogP contribution in [-0.2, 0) is 6.18 Å². The number of ketones is 1. The number of thiazole rings is 1. The molecule has 0 fully saturated rings. The molecule has 1 rings (SSSR count). The van der Waals surface area contributed by atoms with Crippen LogP contribution in [0.2, 0.25) is 0 Å². The van der Waals surface area contributed by atoms with E-state index in [1.807, 2.05) is 13.8 Å². The summed E-state index contributed by atoms with van der Waals surface area (Å²) in [6.07, 6.45) is -2.34. The molecule has 0 radical (unpaired) electrons. The summed E-state index contributed by atoms with van der Waals surface area (Å²) < 4.78 is 36.7. The van der Waals surface area contributed by atoms with Gasteiger partial charge in [0.15, 0.2) is 10.8 Å². The molecule has 0 aliphatic heterocycles. The summed E-state index contributed by atoms with van der Waals surface area (Å²) in [5, 5.41) is -0.958. The van der Waals surface area contributed by atoms with Gasteiger partial charge in [-0.05, 0) is 5.92 Å². The van der Waals surface area contributed by atoms with Crippen molar-refractivity contribution in [2.75, 3.05) is 0 Å². The minimum absolute atomic E-state index is 0.0904. The average molecular weight is 251 g/mol. The summed E-state index contributed by atoms with van der Waals surface area (Å²) in [5.74, 6) is -0.0775. The smallest absolute Gasteiger partial charge is 0.293 e.